The molecule has 0 aromatic heterocycles. The fraction of sp³-hybridized carbons (Fsp3) is 0.125. The fourth-order valence-corrected chi connectivity index (χ4v) is 1.81. The standard InChI is InChI=1S/C16H17N3O3/c17-16(21)19-14-8-6-13(7-9-14)18-15(20)11-22-10-12-4-2-1-3-5-12/h1-9H,10-11H2,(H,18,20)(H3,17,19,21). The van der Waals surface area contributed by atoms with E-state index < -0.39 is 6.03 Å². The molecule has 0 radical (unpaired) electrons. The van der Waals surface area contributed by atoms with E-state index >= 15 is 0 Å². The van der Waals surface area contributed by atoms with Crippen molar-refractivity contribution < 1.29 is 14.3 Å². The molecule has 0 unspecified atom stereocenters. The van der Waals surface area contributed by atoms with Crippen LogP contribution in [0, 0.1) is 0 Å². The van der Waals surface area contributed by atoms with Gasteiger partial charge in [-0.3, -0.25) is 4.79 Å². The van der Waals surface area contributed by atoms with E-state index in [9.17, 15) is 9.59 Å². The Morgan fingerprint density at radius 2 is 1.50 bits per heavy atom. The number of hydrogen-bond donors (Lipinski definition) is 3. The van der Waals surface area contributed by atoms with Crippen molar-refractivity contribution in [3.8, 4) is 0 Å². The summed E-state index contributed by atoms with van der Waals surface area (Å²) in [7, 11) is 0. The molecule has 3 amide bonds. The number of amides is 3. The number of ether oxygens (including phenoxy) is 1. The van der Waals surface area contributed by atoms with Crippen molar-refractivity contribution in [1.29, 1.82) is 0 Å². The Hall–Kier alpha value is -2.86. The van der Waals surface area contributed by atoms with Gasteiger partial charge in [-0.15, -0.1) is 0 Å². The van der Waals surface area contributed by atoms with Crippen LogP contribution in [0.1, 0.15) is 5.56 Å². The van der Waals surface area contributed by atoms with Gasteiger partial charge in [0.05, 0.1) is 6.61 Å². The molecule has 0 saturated carbocycles. The minimum Gasteiger partial charge on any atom is -0.367 e. The second kappa shape index (κ2) is 7.80. The van der Waals surface area contributed by atoms with Gasteiger partial charge >= 0.3 is 6.03 Å². The summed E-state index contributed by atoms with van der Waals surface area (Å²) in [6, 6.07) is 15.6. The van der Waals surface area contributed by atoms with E-state index in [0.717, 1.165) is 5.56 Å². The van der Waals surface area contributed by atoms with Crippen LogP contribution in [0.4, 0.5) is 16.2 Å². The third-order valence-electron chi connectivity index (χ3n) is 2.78. The zero-order chi connectivity index (χ0) is 15.8. The molecule has 0 atom stereocenters. The number of urea groups is 1. The molecule has 4 N–H and O–H groups in total. The average Bonchev–Trinajstić information content (AvgIpc) is 2.50. The highest BCUT2D eigenvalue weighted by molar-refractivity contribution is 5.92. The molecule has 0 bridgehead atoms. The number of rotatable bonds is 6. The number of benzene rings is 2. The van der Waals surface area contributed by atoms with Crippen molar-refractivity contribution in [2.75, 3.05) is 17.2 Å². The Morgan fingerprint density at radius 3 is 2.09 bits per heavy atom. The van der Waals surface area contributed by atoms with Gasteiger partial charge in [0.1, 0.15) is 6.61 Å². The average molecular weight is 299 g/mol. The van der Waals surface area contributed by atoms with E-state index in [4.69, 9.17) is 10.5 Å². The van der Waals surface area contributed by atoms with Crippen LogP contribution in [0.5, 0.6) is 0 Å². The highest BCUT2D eigenvalue weighted by Crippen LogP contribution is 2.13. The van der Waals surface area contributed by atoms with Gasteiger partial charge in [0.25, 0.3) is 0 Å². The van der Waals surface area contributed by atoms with Gasteiger partial charge in [-0.1, -0.05) is 30.3 Å². The molecule has 6 nitrogen and oxygen atoms in total. The van der Waals surface area contributed by atoms with Crippen molar-refractivity contribution in [3.05, 3.63) is 60.2 Å². The van der Waals surface area contributed by atoms with Gasteiger partial charge in [0.15, 0.2) is 0 Å². The first-order valence-electron chi connectivity index (χ1n) is 6.71. The second-order valence-electron chi connectivity index (χ2n) is 4.59. The van der Waals surface area contributed by atoms with Gasteiger partial charge in [0, 0.05) is 11.4 Å². The smallest absolute Gasteiger partial charge is 0.316 e. The molecule has 0 aliphatic heterocycles. The summed E-state index contributed by atoms with van der Waals surface area (Å²) in [6.07, 6.45) is 0. The van der Waals surface area contributed by atoms with Crippen LogP contribution in [0.15, 0.2) is 54.6 Å². The fourth-order valence-electron chi connectivity index (χ4n) is 1.81. The summed E-state index contributed by atoms with van der Waals surface area (Å²) in [6.45, 7) is 0.353. The van der Waals surface area contributed by atoms with Crippen molar-refractivity contribution in [2.24, 2.45) is 5.73 Å². The number of nitrogens with two attached hydrogens (primary N) is 1. The van der Waals surface area contributed by atoms with Gasteiger partial charge in [-0.25, -0.2) is 4.79 Å². The summed E-state index contributed by atoms with van der Waals surface area (Å²) in [5, 5.41) is 5.14. The third-order valence-corrected chi connectivity index (χ3v) is 2.78. The summed E-state index contributed by atoms with van der Waals surface area (Å²) in [5.74, 6) is -0.244. The first-order chi connectivity index (χ1) is 10.6. The molecular formula is C16H17N3O3. The quantitative estimate of drug-likeness (QED) is 0.764. The zero-order valence-corrected chi connectivity index (χ0v) is 11.9. The number of carbonyl (C=O) groups is 2. The van der Waals surface area contributed by atoms with E-state index in [0.29, 0.717) is 18.0 Å². The van der Waals surface area contributed by atoms with Crippen LogP contribution in [0.2, 0.25) is 0 Å². The lowest BCUT2D eigenvalue weighted by atomic mass is 10.2. The van der Waals surface area contributed by atoms with Crippen LogP contribution in [0.25, 0.3) is 0 Å². The Labute approximate surface area is 128 Å². The number of anilines is 2. The molecule has 0 aliphatic rings. The van der Waals surface area contributed by atoms with E-state index in [1.54, 1.807) is 24.3 Å². The Kier molecular flexibility index (Phi) is 5.50. The Morgan fingerprint density at radius 1 is 0.909 bits per heavy atom. The highest BCUT2D eigenvalue weighted by Gasteiger charge is 2.03. The van der Waals surface area contributed by atoms with E-state index in [1.807, 2.05) is 30.3 Å². The molecule has 0 heterocycles. The molecule has 22 heavy (non-hydrogen) atoms. The van der Waals surface area contributed by atoms with Gasteiger partial charge in [-0.2, -0.15) is 0 Å². The van der Waals surface area contributed by atoms with Gasteiger partial charge < -0.3 is 21.1 Å². The number of nitrogens with one attached hydrogen (secondary N) is 2. The van der Waals surface area contributed by atoms with Crippen LogP contribution >= 0.6 is 0 Å². The maximum absolute atomic E-state index is 11.7. The largest absolute Gasteiger partial charge is 0.367 e. The van der Waals surface area contributed by atoms with E-state index in [1.165, 1.54) is 0 Å². The maximum Gasteiger partial charge on any atom is 0.316 e. The predicted octanol–water partition coefficient (Wildman–Crippen LogP) is 2.33. The maximum atomic E-state index is 11.7. The Balaban J connectivity index is 1.75. The van der Waals surface area contributed by atoms with Crippen LogP contribution in [0.3, 0.4) is 0 Å². The summed E-state index contributed by atoms with van der Waals surface area (Å²) >= 11 is 0. The predicted molar refractivity (Wildman–Crippen MR) is 84.4 cm³/mol. The second-order valence-corrected chi connectivity index (χ2v) is 4.59. The molecule has 6 heteroatoms. The van der Waals surface area contributed by atoms with E-state index in [-0.39, 0.29) is 12.5 Å². The first-order valence-corrected chi connectivity index (χ1v) is 6.71. The van der Waals surface area contributed by atoms with Crippen LogP contribution in [-0.4, -0.2) is 18.5 Å². The lowest BCUT2D eigenvalue weighted by Gasteiger charge is -2.07. The summed E-state index contributed by atoms with van der Waals surface area (Å²) < 4.78 is 5.34. The Bertz CT molecular complexity index is 627. The van der Waals surface area contributed by atoms with Crippen molar-refractivity contribution in [3.63, 3.8) is 0 Å². The molecule has 114 valence electrons. The normalized spacial score (nSPS) is 10.0. The highest BCUT2D eigenvalue weighted by atomic mass is 16.5. The van der Waals surface area contributed by atoms with Crippen molar-refractivity contribution >= 4 is 23.3 Å². The van der Waals surface area contributed by atoms with Gasteiger partial charge in [-0.05, 0) is 29.8 Å². The third kappa shape index (κ3) is 5.26. The first kappa shape index (κ1) is 15.5. The topological polar surface area (TPSA) is 93.5 Å². The van der Waals surface area contributed by atoms with E-state index in [2.05, 4.69) is 10.6 Å². The van der Waals surface area contributed by atoms with Crippen LogP contribution < -0.4 is 16.4 Å². The number of hydrogen-bond acceptors (Lipinski definition) is 3. The molecule has 2 rings (SSSR count). The molecule has 2 aromatic rings. The van der Waals surface area contributed by atoms with Crippen LogP contribution in [-0.2, 0) is 16.1 Å². The minimum absolute atomic E-state index is 0.0316. The molecule has 0 fully saturated rings. The lowest BCUT2D eigenvalue weighted by molar-refractivity contribution is -0.121. The zero-order valence-electron chi connectivity index (χ0n) is 11.9. The van der Waals surface area contributed by atoms with Crippen molar-refractivity contribution in [1.82, 2.24) is 0 Å². The molecule has 2 aromatic carbocycles. The van der Waals surface area contributed by atoms with Gasteiger partial charge in [0.2, 0.25) is 5.91 Å². The molecule has 0 saturated heterocycles. The van der Waals surface area contributed by atoms with Crippen molar-refractivity contribution in [2.45, 2.75) is 6.61 Å². The monoisotopic (exact) mass is 299 g/mol. The molecule has 0 spiro atoms. The lowest BCUT2D eigenvalue weighted by Crippen LogP contribution is -2.19. The molecule has 0 aliphatic carbocycles. The minimum atomic E-state index is -0.633. The molecular weight excluding hydrogens is 282 g/mol. The number of carbonyl (C=O) groups excluding carboxylic acids is 2. The SMILES string of the molecule is NC(=O)Nc1ccc(NC(=O)COCc2ccccc2)cc1. The summed E-state index contributed by atoms with van der Waals surface area (Å²) in [5.41, 5.74) is 7.20. The summed E-state index contributed by atoms with van der Waals surface area (Å²) in [4.78, 5) is 22.4. The number of primary amides is 1.